The smallest absolute Gasteiger partial charge is 0.480 e. The van der Waals surface area contributed by atoms with E-state index in [9.17, 15) is 10.1 Å². The molecule has 3 aromatic rings. The zero-order valence-electron chi connectivity index (χ0n) is 18.2. The first kappa shape index (κ1) is 21.3. The fraction of sp³-hybridized carbons (Fsp3) is 0.125. The molecule has 1 aliphatic heterocycles. The van der Waals surface area contributed by atoms with Crippen LogP contribution in [0.4, 0.5) is 11.4 Å². The molecular weight excluding hydrogens is 418 g/mol. The first-order valence-corrected chi connectivity index (χ1v) is 9.85. The summed E-state index contributed by atoms with van der Waals surface area (Å²) in [6.07, 6.45) is 4.30. The number of aromatic nitrogens is 2. The predicted octanol–water partition coefficient (Wildman–Crippen LogP) is -0.0958. The Labute approximate surface area is 189 Å². The van der Waals surface area contributed by atoms with E-state index in [1.807, 2.05) is 37.2 Å². The Morgan fingerprint density at radius 3 is 2.79 bits per heavy atom. The summed E-state index contributed by atoms with van der Waals surface area (Å²) in [5.74, 6) is 2.73. The van der Waals surface area contributed by atoms with Crippen molar-refractivity contribution in [1.82, 2.24) is 19.2 Å². The molecule has 0 atom stereocenters. The third-order valence-electron chi connectivity index (χ3n) is 4.80. The summed E-state index contributed by atoms with van der Waals surface area (Å²) in [4.78, 5) is 22.5. The molecule has 4 rings (SSSR count). The molecule has 33 heavy (non-hydrogen) atoms. The van der Waals surface area contributed by atoms with Gasteiger partial charge >= 0.3 is 17.1 Å². The van der Waals surface area contributed by atoms with Crippen LogP contribution in [0.3, 0.4) is 0 Å². The molecule has 0 fully saturated rings. The number of nitriles is 1. The number of nitrogens with zero attached hydrogens (tertiary/aromatic N) is 6. The van der Waals surface area contributed by atoms with Crippen molar-refractivity contribution in [1.29, 1.82) is 5.26 Å². The first-order chi connectivity index (χ1) is 16.0. The topological polar surface area (TPSA) is 108 Å². The van der Waals surface area contributed by atoms with E-state index in [0.717, 1.165) is 16.4 Å². The van der Waals surface area contributed by atoms with Crippen LogP contribution in [0, 0.1) is 23.3 Å². The Morgan fingerprint density at radius 1 is 1.21 bits per heavy atom. The van der Waals surface area contributed by atoms with Gasteiger partial charge in [0.1, 0.15) is 11.9 Å². The average Bonchev–Trinajstić information content (AvgIpc) is 3.24. The molecule has 0 saturated heterocycles. The zero-order chi connectivity index (χ0) is 23.4. The first-order valence-electron chi connectivity index (χ1n) is 9.85. The fourth-order valence-corrected chi connectivity index (χ4v) is 3.16. The van der Waals surface area contributed by atoms with Crippen LogP contribution in [0.2, 0.25) is 0 Å². The van der Waals surface area contributed by atoms with Gasteiger partial charge < -0.3 is 15.0 Å². The number of hydrogen-bond acceptors (Lipinski definition) is 6. The van der Waals surface area contributed by atoms with Gasteiger partial charge in [0.05, 0.1) is 24.8 Å². The van der Waals surface area contributed by atoms with Gasteiger partial charge in [-0.25, -0.2) is 9.97 Å². The number of benzene rings is 2. The number of ether oxygens (including phenoxy) is 1. The number of hydrogen-bond donors (Lipinski definition) is 1. The van der Waals surface area contributed by atoms with Crippen LogP contribution in [0.15, 0.2) is 48.9 Å². The molecule has 2 heterocycles. The maximum Gasteiger partial charge on any atom is 0.537 e. The van der Waals surface area contributed by atoms with E-state index in [-0.39, 0.29) is 11.4 Å². The summed E-state index contributed by atoms with van der Waals surface area (Å²) < 4.78 is 11.2. The molecule has 0 spiro atoms. The van der Waals surface area contributed by atoms with Crippen molar-refractivity contribution < 1.29 is 9.53 Å². The molecule has 1 aromatic heterocycles. The monoisotopic (exact) mass is 437 g/mol. The normalized spacial score (nSPS) is 10.9. The predicted molar refractivity (Wildman–Crippen MR) is 123 cm³/mol. The van der Waals surface area contributed by atoms with Crippen molar-refractivity contribution in [3.63, 3.8) is 0 Å². The quantitative estimate of drug-likeness (QED) is 0.347. The van der Waals surface area contributed by atoms with Crippen molar-refractivity contribution >= 4 is 23.6 Å². The number of carbonyl (C=O) groups is 1. The Morgan fingerprint density at radius 2 is 2.03 bits per heavy atom. The van der Waals surface area contributed by atoms with Gasteiger partial charge in [-0.2, -0.15) is 5.26 Å². The average molecular weight is 437 g/mol. The van der Waals surface area contributed by atoms with Gasteiger partial charge in [0.2, 0.25) is 11.9 Å². The SMILES string of the molecule is COc1ncncc1C(=O)Nc1cc(C#N)cc(C#C[N+]2=c3ccc(N(C)C)cc3=[N+]=C2)c1. The number of nitrogens with one attached hydrogen (secondary N) is 1. The van der Waals surface area contributed by atoms with Gasteiger partial charge in [-0.3, -0.25) is 4.79 Å². The highest BCUT2D eigenvalue weighted by atomic mass is 16.5. The van der Waals surface area contributed by atoms with Gasteiger partial charge in [0.15, 0.2) is 0 Å². The summed E-state index contributed by atoms with van der Waals surface area (Å²) >= 11 is 0. The standard InChI is InChI=1S/C24H18N7O2/c1-30(2)19-4-5-22-21(11-19)28-15-31(22)7-6-16-8-17(12-25)10-18(9-16)29-23(32)20-13-26-14-27-24(20)33-3/h4-5,8-11,13-15H,1-3H3/q+1/p+1. The molecule has 0 bridgehead atoms. The molecule has 0 unspecified atom stereocenters. The molecule has 1 aliphatic rings. The van der Waals surface area contributed by atoms with Gasteiger partial charge in [-0.05, 0) is 33.5 Å². The number of anilines is 2. The van der Waals surface area contributed by atoms with Crippen molar-refractivity contribution in [3.05, 3.63) is 76.3 Å². The van der Waals surface area contributed by atoms with Crippen LogP contribution in [0.1, 0.15) is 21.5 Å². The van der Waals surface area contributed by atoms with Crippen molar-refractivity contribution in [2.75, 3.05) is 31.4 Å². The molecular formula is C24H19N7O2+2. The molecule has 9 heteroatoms. The summed E-state index contributed by atoms with van der Waals surface area (Å²) in [5, 5.41) is 13.9. The minimum Gasteiger partial charge on any atom is -0.480 e. The molecule has 0 radical (unpaired) electrons. The number of fused-ring (bicyclic) bond motifs is 1. The number of rotatable bonds is 4. The molecule has 160 valence electrons. The Kier molecular flexibility index (Phi) is 5.81. The summed E-state index contributed by atoms with van der Waals surface area (Å²) in [7, 11) is 5.36. The van der Waals surface area contributed by atoms with E-state index < -0.39 is 5.91 Å². The largest absolute Gasteiger partial charge is 0.537 e. The van der Waals surface area contributed by atoms with E-state index in [4.69, 9.17) is 4.74 Å². The second-order valence-corrected chi connectivity index (χ2v) is 7.23. The van der Waals surface area contributed by atoms with Gasteiger partial charge in [0.25, 0.3) is 5.91 Å². The summed E-state index contributed by atoms with van der Waals surface area (Å²) in [5.41, 5.74) is 2.56. The van der Waals surface area contributed by atoms with Crippen LogP contribution in [-0.2, 0) is 0 Å². The van der Waals surface area contributed by atoms with Crippen LogP contribution in [-0.4, -0.2) is 43.4 Å². The third kappa shape index (κ3) is 4.54. The zero-order valence-corrected chi connectivity index (χ0v) is 18.2. The third-order valence-corrected chi connectivity index (χ3v) is 4.80. The summed E-state index contributed by atoms with van der Waals surface area (Å²) in [6.45, 7) is 0. The van der Waals surface area contributed by atoms with Gasteiger partial charge in [0, 0.05) is 49.2 Å². The lowest BCUT2D eigenvalue weighted by Gasteiger charge is -2.09. The lowest BCUT2D eigenvalue weighted by Crippen LogP contribution is -2.33. The lowest BCUT2D eigenvalue weighted by atomic mass is 10.1. The number of amides is 1. The minimum absolute atomic E-state index is 0.156. The highest BCUT2D eigenvalue weighted by Crippen LogP contribution is 2.18. The van der Waals surface area contributed by atoms with Crippen LogP contribution in [0.5, 0.6) is 5.88 Å². The maximum atomic E-state index is 12.7. The van der Waals surface area contributed by atoms with Crippen LogP contribution < -0.4 is 34.9 Å². The summed E-state index contributed by atoms with van der Waals surface area (Å²) in [6, 6.07) is 16.0. The molecule has 1 N–H and O–H groups in total. The molecule has 0 aliphatic carbocycles. The van der Waals surface area contributed by atoms with Crippen LogP contribution in [0.25, 0.3) is 0 Å². The maximum absolute atomic E-state index is 12.7. The molecule has 9 nitrogen and oxygen atoms in total. The van der Waals surface area contributed by atoms with Crippen LogP contribution >= 0.6 is 0 Å². The Bertz CT molecular complexity index is 1540. The molecule has 2 aromatic carbocycles. The van der Waals surface area contributed by atoms with E-state index >= 15 is 0 Å². The molecule has 0 saturated carbocycles. The Hall–Kier alpha value is -4.98. The van der Waals surface area contributed by atoms with E-state index in [2.05, 4.69) is 38.0 Å². The highest BCUT2D eigenvalue weighted by Gasteiger charge is 2.19. The second kappa shape index (κ2) is 9.03. The van der Waals surface area contributed by atoms with Crippen molar-refractivity contribution in [2.45, 2.75) is 0 Å². The number of methoxy groups -OCH3 is 1. The minimum atomic E-state index is -0.459. The number of carbonyl (C=O) groups excluding carboxylic acids is 1. The highest BCUT2D eigenvalue weighted by molar-refractivity contribution is 6.05. The van der Waals surface area contributed by atoms with E-state index in [0.29, 0.717) is 16.8 Å². The van der Waals surface area contributed by atoms with E-state index in [1.54, 1.807) is 29.1 Å². The van der Waals surface area contributed by atoms with Crippen molar-refractivity contribution in [3.8, 4) is 23.9 Å². The lowest BCUT2D eigenvalue weighted by molar-refractivity contribution is 0.102. The Balaban J connectivity index is 1.65. The van der Waals surface area contributed by atoms with E-state index in [1.165, 1.54) is 19.6 Å². The van der Waals surface area contributed by atoms with Crippen molar-refractivity contribution in [2.24, 2.45) is 0 Å². The molecule has 1 amide bonds. The van der Waals surface area contributed by atoms with Gasteiger partial charge in [-0.1, -0.05) is 0 Å². The fourth-order valence-electron chi connectivity index (χ4n) is 3.16. The second-order valence-electron chi connectivity index (χ2n) is 7.23. The van der Waals surface area contributed by atoms with Gasteiger partial charge in [-0.15, -0.1) is 0 Å².